The Hall–Kier alpha value is -2.62. The number of ether oxygens (including phenoxy) is 2. The van der Waals surface area contributed by atoms with Gasteiger partial charge in [0.25, 0.3) is 5.78 Å². The Kier molecular flexibility index (Phi) is 4.94. The van der Waals surface area contributed by atoms with Crippen molar-refractivity contribution < 1.29 is 19.1 Å². The maximum atomic E-state index is 12.0. The second kappa shape index (κ2) is 6.89. The minimum absolute atomic E-state index is 0.212. The Bertz CT molecular complexity index is 704. The Labute approximate surface area is 129 Å². The van der Waals surface area contributed by atoms with Gasteiger partial charge >= 0.3 is 5.97 Å². The van der Waals surface area contributed by atoms with E-state index in [1.807, 2.05) is 32.0 Å². The molecule has 0 aromatic heterocycles. The second-order valence-corrected chi connectivity index (χ2v) is 5.04. The molecule has 0 amide bonds. The second-order valence-electron chi connectivity index (χ2n) is 5.04. The lowest BCUT2D eigenvalue weighted by Crippen LogP contribution is -2.18. The molecule has 0 saturated heterocycles. The van der Waals surface area contributed by atoms with Crippen LogP contribution < -0.4 is 4.74 Å². The molecule has 0 aliphatic heterocycles. The van der Waals surface area contributed by atoms with Gasteiger partial charge in [0, 0.05) is 11.1 Å². The van der Waals surface area contributed by atoms with Crippen molar-refractivity contribution in [2.75, 3.05) is 7.11 Å². The number of carbonyl (C=O) groups is 2. The maximum Gasteiger partial charge on any atom is 0.379 e. The fourth-order valence-electron chi connectivity index (χ4n) is 2.09. The highest BCUT2D eigenvalue weighted by molar-refractivity contribution is 6.40. The van der Waals surface area contributed by atoms with Crippen molar-refractivity contribution >= 4 is 11.8 Å². The van der Waals surface area contributed by atoms with E-state index in [-0.39, 0.29) is 6.61 Å². The zero-order valence-electron chi connectivity index (χ0n) is 12.9. The quantitative estimate of drug-likeness (QED) is 0.483. The van der Waals surface area contributed by atoms with Crippen LogP contribution >= 0.6 is 0 Å². The van der Waals surface area contributed by atoms with Crippen molar-refractivity contribution in [3.05, 3.63) is 64.7 Å². The molecule has 2 aromatic carbocycles. The SMILES string of the molecule is COC(=O)C(=O)c1ccccc1COc1cc(C)ccc1C. The number of esters is 1. The minimum Gasteiger partial charge on any atom is -0.489 e. The third-order valence-electron chi connectivity index (χ3n) is 3.36. The summed E-state index contributed by atoms with van der Waals surface area (Å²) >= 11 is 0. The molecule has 0 atom stereocenters. The van der Waals surface area contributed by atoms with Crippen LogP contribution in [0.1, 0.15) is 27.0 Å². The van der Waals surface area contributed by atoms with E-state index in [2.05, 4.69) is 4.74 Å². The molecule has 2 aromatic rings. The Morgan fingerprint density at radius 2 is 1.77 bits per heavy atom. The molecular weight excluding hydrogens is 280 g/mol. The first-order chi connectivity index (χ1) is 10.5. The van der Waals surface area contributed by atoms with Gasteiger partial charge in [-0.05, 0) is 31.0 Å². The standard InChI is InChI=1S/C18H18O4/c1-12-8-9-13(2)16(10-12)22-11-14-6-4-5-7-15(14)17(19)18(20)21-3/h4-10H,11H2,1-3H3. The molecule has 0 radical (unpaired) electrons. The van der Waals surface area contributed by atoms with Crippen LogP contribution in [0.5, 0.6) is 5.75 Å². The maximum absolute atomic E-state index is 12.0. The van der Waals surface area contributed by atoms with Crippen LogP contribution in [-0.4, -0.2) is 18.9 Å². The smallest absolute Gasteiger partial charge is 0.379 e. The first-order valence-corrected chi connectivity index (χ1v) is 6.93. The van der Waals surface area contributed by atoms with Crippen LogP contribution in [-0.2, 0) is 16.1 Å². The summed E-state index contributed by atoms with van der Waals surface area (Å²) in [5.74, 6) is -0.776. The molecule has 4 nitrogen and oxygen atoms in total. The third-order valence-corrected chi connectivity index (χ3v) is 3.36. The number of ketones is 1. The van der Waals surface area contributed by atoms with Gasteiger partial charge in [0.15, 0.2) is 0 Å². The van der Waals surface area contributed by atoms with Gasteiger partial charge in [0.05, 0.1) is 7.11 Å². The van der Waals surface area contributed by atoms with Gasteiger partial charge in [-0.2, -0.15) is 0 Å². The van der Waals surface area contributed by atoms with E-state index in [4.69, 9.17) is 4.74 Å². The highest BCUT2D eigenvalue weighted by Gasteiger charge is 2.19. The Morgan fingerprint density at radius 1 is 1.05 bits per heavy atom. The van der Waals surface area contributed by atoms with Gasteiger partial charge in [0.2, 0.25) is 0 Å². The summed E-state index contributed by atoms with van der Waals surface area (Å²) in [6.45, 7) is 4.16. The van der Waals surface area contributed by atoms with Crippen LogP contribution in [0.15, 0.2) is 42.5 Å². The fourth-order valence-corrected chi connectivity index (χ4v) is 2.09. The predicted molar refractivity (Wildman–Crippen MR) is 83.0 cm³/mol. The van der Waals surface area contributed by atoms with Crippen molar-refractivity contribution in [2.24, 2.45) is 0 Å². The number of hydrogen-bond donors (Lipinski definition) is 0. The van der Waals surface area contributed by atoms with Gasteiger partial charge < -0.3 is 9.47 Å². The Balaban J connectivity index is 2.22. The molecule has 0 aliphatic carbocycles. The molecule has 0 fully saturated rings. The number of aryl methyl sites for hydroxylation is 2. The zero-order chi connectivity index (χ0) is 16.1. The Morgan fingerprint density at radius 3 is 2.50 bits per heavy atom. The molecule has 4 heteroatoms. The number of carbonyl (C=O) groups excluding carboxylic acids is 2. The monoisotopic (exact) mass is 298 g/mol. The van der Waals surface area contributed by atoms with E-state index in [9.17, 15) is 9.59 Å². The van der Waals surface area contributed by atoms with E-state index in [1.165, 1.54) is 7.11 Å². The van der Waals surface area contributed by atoms with Gasteiger partial charge in [-0.15, -0.1) is 0 Å². The fraction of sp³-hybridized carbons (Fsp3) is 0.222. The molecule has 0 bridgehead atoms. The average Bonchev–Trinajstić information content (AvgIpc) is 2.54. The summed E-state index contributed by atoms with van der Waals surface area (Å²) in [5.41, 5.74) is 3.07. The van der Waals surface area contributed by atoms with Crippen molar-refractivity contribution in [1.29, 1.82) is 0 Å². The molecule has 0 N–H and O–H groups in total. The highest BCUT2D eigenvalue weighted by atomic mass is 16.5. The average molecular weight is 298 g/mol. The summed E-state index contributed by atoms with van der Waals surface area (Å²) in [6, 6.07) is 12.8. The van der Waals surface area contributed by atoms with Crippen LogP contribution in [0.3, 0.4) is 0 Å². The van der Waals surface area contributed by atoms with Crippen molar-refractivity contribution in [2.45, 2.75) is 20.5 Å². The first-order valence-electron chi connectivity index (χ1n) is 6.93. The van der Waals surface area contributed by atoms with Gasteiger partial charge in [-0.1, -0.05) is 36.4 Å². The minimum atomic E-state index is -0.876. The molecule has 0 saturated carbocycles. The summed E-state index contributed by atoms with van der Waals surface area (Å²) < 4.78 is 10.3. The summed E-state index contributed by atoms with van der Waals surface area (Å²) in [6.07, 6.45) is 0. The molecule has 22 heavy (non-hydrogen) atoms. The lowest BCUT2D eigenvalue weighted by atomic mass is 10.0. The number of hydrogen-bond acceptors (Lipinski definition) is 4. The molecular formula is C18H18O4. The van der Waals surface area contributed by atoms with Gasteiger partial charge in [0.1, 0.15) is 12.4 Å². The molecule has 2 rings (SSSR count). The highest BCUT2D eigenvalue weighted by Crippen LogP contribution is 2.21. The van der Waals surface area contributed by atoms with Crippen LogP contribution in [0.2, 0.25) is 0 Å². The summed E-state index contributed by atoms with van der Waals surface area (Å²) in [5, 5.41) is 0. The topological polar surface area (TPSA) is 52.6 Å². The molecule has 0 aliphatic rings. The summed E-state index contributed by atoms with van der Waals surface area (Å²) in [7, 11) is 1.19. The van der Waals surface area contributed by atoms with Crippen LogP contribution in [0.25, 0.3) is 0 Å². The van der Waals surface area contributed by atoms with Gasteiger partial charge in [-0.25, -0.2) is 4.79 Å². The lowest BCUT2D eigenvalue weighted by molar-refractivity contribution is -0.135. The van der Waals surface area contributed by atoms with Crippen molar-refractivity contribution in [3.63, 3.8) is 0 Å². The van der Waals surface area contributed by atoms with E-state index < -0.39 is 11.8 Å². The summed E-state index contributed by atoms with van der Waals surface area (Å²) in [4.78, 5) is 23.4. The molecule has 0 unspecified atom stereocenters. The largest absolute Gasteiger partial charge is 0.489 e. The van der Waals surface area contributed by atoms with Crippen molar-refractivity contribution in [3.8, 4) is 5.75 Å². The van der Waals surface area contributed by atoms with E-state index >= 15 is 0 Å². The number of rotatable bonds is 5. The van der Waals surface area contributed by atoms with E-state index in [0.29, 0.717) is 11.1 Å². The first kappa shape index (κ1) is 15.8. The number of benzene rings is 2. The zero-order valence-corrected chi connectivity index (χ0v) is 12.9. The predicted octanol–water partition coefficient (Wildman–Crippen LogP) is 3.24. The lowest BCUT2D eigenvalue weighted by Gasteiger charge is -2.12. The normalized spacial score (nSPS) is 10.1. The molecule has 0 heterocycles. The van der Waals surface area contributed by atoms with E-state index in [1.54, 1.807) is 24.3 Å². The third kappa shape index (κ3) is 3.52. The van der Waals surface area contributed by atoms with Crippen molar-refractivity contribution in [1.82, 2.24) is 0 Å². The number of methoxy groups -OCH3 is 1. The van der Waals surface area contributed by atoms with Gasteiger partial charge in [-0.3, -0.25) is 4.79 Å². The van der Waals surface area contributed by atoms with Crippen LogP contribution in [0.4, 0.5) is 0 Å². The van der Waals surface area contributed by atoms with Crippen LogP contribution in [0, 0.1) is 13.8 Å². The van der Waals surface area contributed by atoms with E-state index in [0.717, 1.165) is 16.9 Å². The molecule has 114 valence electrons. The number of Topliss-reactive ketones (excluding diaryl/α,β-unsaturated/α-hetero) is 1. The molecule has 0 spiro atoms.